The fourth-order valence-electron chi connectivity index (χ4n) is 6.99. The zero-order valence-electron chi connectivity index (χ0n) is 21.7. The van der Waals surface area contributed by atoms with Crippen molar-refractivity contribution in [2.75, 3.05) is 10.2 Å². The number of para-hydroxylation sites is 2. The molecule has 0 aromatic heterocycles. The van der Waals surface area contributed by atoms with Gasteiger partial charge in [0.1, 0.15) is 11.5 Å². The molecule has 3 aliphatic rings. The second-order valence-corrected chi connectivity index (χ2v) is 11.0. The molecule has 1 amide bonds. The van der Waals surface area contributed by atoms with Crippen LogP contribution in [0.4, 0.5) is 11.4 Å². The third-order valence-corrected chi connectivity index (χ3v) is 8.96. The maximum atomic E-state index is 14.7. The van der Waals surface area contributed by atoms with Crippen molar-refractivity contribution in [1.29, 1.82) is 0 Å². The predicted molar refractivity (Wildman–Crippen MR) is 157 cm³/mol. The molecule has 0 radical (unpaired) electrons. The molecule has 0 saturated carbocycles. The molecule has 4 atom stereocenters. The number of hydrogen-bond donors (Lipinski definition) is 1. The van der Waals surface area contributed by atoms with Gasteiger partial charge in [-0.15, -0.1) is 0 Å². The van der Waals surface area contributed by atoms with Crippen LogP contribution >= 0.6 is 11.6 Å². The second-order valence-electron chi connectivity index (χ2n) is 10.6. The molecule has 7 rings (SSSR count). The van der Waals surface area contributed by atoms with Gasteiger partial charge >= 0.3 is 0 Å². The number of rotatable bonds is 4. The molecule has 4 aromatic rings. The fraction of sp³-hybridized carbons (Fsp3) is 0.147. The van der Waals surface area contributed by atoms with Crippen molar-refractivity contribution in [1.82, 2.24) is 0 Å². The van der Waals surface area contributed by atoms with E-state index in [9.17, 15) is 14.4 Å². The van der Waals surface area contributed by atoms with Crippen molar-refractivity contribution < 1.29 is 14.4 Å². The van der Waals surface area contributed by atoms with Crippen molar-refractivity contribution in [3.8, 4) is 0 Å². The summed E-state index contributed by atoms with van der Waals surface area (Å²) >= 11 is 6.59. The summed E-state index contributed by atoms with van der Waals surface area (Å²) in [4.78, 5) is 45.8. The summed E-state index contributed by atoms with van der Waals surface area (Å²) in [5, 5.41) is 3.37. The number of amides is 1. The van der Waals surface area contributed by atoms with Gasteiger partial charge in [0.05, 0.1) is 17.0 Å². The highest BCUT2D eigenvalue weighted by molar-refractivity contribution is 6.34. The number of fused-ring (bicyclic) bond motifs is 6. The van der Waals surface area contributed by atoms with Crippen LogP contribution < -0.4 is 10.2 Å². The van der Waals surface area contributed by atoms with E-state index >= 15 is 0 Å². The minimum absolute atomic E-state index is 0.254. The van der Waals surface area contributed by atoms with Gasteiger partial charge in [-0.2, -0.15) is 0 Å². The summed E-state index contributed by atoms with van der Waals surface area (Å²) in [6.07, 6.45) is 2.05. The number of Topliss-reactive ketones (excluding diaryl/α,β-unsaturated/α-hetero) is 2. The second kappa shape index (κ2) is 9.04. The quantitative estimate of drug-likeness (QED) is 0.294. The Bertz CT molecular complexity index is 1750. The number of carbonyl (C=O) groups is 3. The average molecular weight is 545 g/mol. The van der Waals surface area contributed by atoms with E-state index in [0.29, 0.717) is 21.8 Å². The van der Waals surface area contributed by atoms with Crippen LogP contribution in [0.1, 0.15) is 38.8 Å². The SMILES string of the molecule is CC1=C[C@@H]2N(c3ccccc31)[C@@H](C(=O)c1ccccc1Cl)[C@@H](C(=O)c1ccccc1)[C@]21C(=O)Nc2ccccc21. The zero-order chi connectivity index (χ0) is 27.6. The lowest BCUT2D eigenvalue weighted by Crippen LogP contribution is -2.51. The van der Waals surface area contributed by atoms with Crippen LogP contribution in [0.3, 0.4) is 0 Å². The first-order valence-corrected chi connectivity index (χ1v) is 13.7. The molecule has 3 heterocycles. The molecule has 0 unspecified atom stereocenters. The lowest BCUT2D eigenvalue weighted by Gasteiger charge is -2.39. The normalized spacial score (nSPS) is 24.1. The topological polar surface area (TPSA) is 66.5 Å². The van der Waals surface area contributed by atoms with E-state index < -0.39 is 23.4 Å². The van der Waals surface area contributed by atoms with Crippen LogP contribution in [0.25, 0.3) is 5.57 Å². The summed E-state index contributed by atoms with van der Waals surface area (Å²) in [7, 11) is 0. The predicted octanol–water partition coefficient (Wildman–Crippen LogP) is 6.59. The maximum absolute atomic E-state index is 14.7. The fourth-order valence-corrected chi connectivity index (χ4v) is 7.22. The largest absolute Gasteiger partial charge is 0.352 e. The van der Waals surface area contributed by atoms with Crippen molar-refractivity contribution in [2.24, 2.45) is 5.92 Å². The number of hydrogen-bond acceptors (Lipinski definition) is 4. The molecule has 1 N–H and O–H groups in total. The molecule has 6 heteroatoms. The standard InChI is InChI=1S/C34H25ClN2O3/c1-20-19-28-34(24-15-7-9-17-26(24)36-33(34)40)29(31(38)21-11-3-2-4-12-21)30(32(39)23-14-5-8-16-25(23)35)37(28)27-18-10-6-13-22(20)27/h2-19,28-30H,1H3,(H,36,40)/t28-,29-,30+,34+/m0/s1. The van der Waals surface area contributed by atoms with Crippen molar-refractivity contribution in [3.63, 3.8) is 0 Å². The van der Waals surface area contributed by atoms with Crippen LogP contribution in [0.15, 0.2) is 109 Å². The van der Waals surface area contributed by atoms with E-state index in [1.54, 1.807) is 48.5 Å². The van der Waals surface area contributed by atoms with Crippen molar-refractivity contribution in [2.45, 2.75) is 24.4 Å². The van der Waals surface area contributed by atoms with E-state index in [1.165, 1.54) is 0 Å². The molecular formula is C34H25ClN2O3. The number of halogens is 1. The molecular weight excluding hydrogens is 520 g/mol. The van der Waals surface area contributed by atoms with Gasteiger partial charge in [-0.1, -0.05) is 96.5 Å². The molecule has 40 heavy (non-hydrogen) atoms. The highest BCUT2D eigenvalue weighted by Gasteiger charge is 2.70. The van der Waals surface area contributed by atoms with Crippen molar-refractivity contribution in [3.05, 3.63) is 136 Å². The van der Waals surface area contributed by atoms with Crippen LogP contribution in [0.5, 0.6) is 0 Å². The molecule has 1 spiro atoms. The molecule has 1 fully saturated rings. The van der Waals surface area contributed by atoms with Crippen LogP contribution in [0.2, 0.25) is 5.02 Å². The minimum atomic E-state index is -1.35. The number of nitrogens with zero attached hydrogens (tertiary/aromatic N) is 1. The molecule has 0 aliphatic carbocycles. The first-order chi connectivity index (χ1) is 19.4. The van der Waals surface area contributed by atoms with E-state index in [-0.39, 0.29) is 17.5 Å². The number of anilines is 2. The van der Waals surface area contributed by atoms with E-state index in [4.69, 9.17) is 11.6 Å². The Morgan fingerprint density at radius 2 is 1.50 bits per heavy atom. The Morgan fingerprint density at radius 1 is 0.825 bits per heavy atom. The molecule has 1 saturated heterocycles. The molecule has 4 aromatic carbocycles. The third kappa shape index (κ3) is 3.24. The highest BCUT2D eigenvalue weighted by atomic mass is 35.5. The van der Waals surface area contributed by atoms with Gasteiger partial charge in [0.2, 0.25) is 5.91 Å². The number of benzene rings is 4. The average Bonchev–Trinajstić information content (AvgIpc) is 3.45. The summed E-state index contributed by atoms with van der Waals surface area (Å²) in [5.74, 6) is -1.85. The van der Waals surface area contributed by atoms with E-state index in [1.807, 2.05) is 66.4 Å². The minimum Gasteiger partial charge on any atom is -0.352 e. The van der Waals surface area contributed by atoms with Gasteiger partial charge in [-0.05, 0) is 42.3 Å². The van der Waals surface area contributed by atoms with E-state index in [2.05, 4.69) is 11.4 Å². The van der Waals surface area contributed by atoms with E-state index in [0.717, 1.165) is 22.4 Å². The Hall–Kier alpha value is -4.48. The smallest absolute Gasteiger partial charge is 0.238 e. The van der Waals surface area contributed by atoms with Gasteiger partial charge in [-0.25, -0.2) is 0 Å². The Labute approximate surface area is 237 Å². The molecule has 3 aliphatic heterocycles. The summed E-state index contributed by atoms with van der Waals surface area (Å²) in [6.45, 7) is 2.01. The first-order valence-electron chi connectivity index (χ1n) is 13.3. The number of carbonyl (C=O) groups excluding carboxylic acids is 3. The summed E-state index contributed by atoms with van der Waals surface area (Å²) < 4.78 is 0. The summed E-state index contributed by atoms with van der Waals surface area (Å²) in [5.41, 5.74) is 3.59. The van der Waals surface area contributed by atoms with Crippen LogP contribution in [-0.2, 0) is 10.2 Å². The number of nitrogens with one attached hydrogen (secondary N) is 1. The third-order valence-electron chi connectivity index (χ3n) is 8.63. The Morgan fingerprint density at radius 3 is 2.30 bits per heavy atom. The lowest BCUT2D eigenvalue weighted by molar-refractivity contribution is -0.121. The van der Waals surface area contributed by atoms with Crippen LogP contribution in [0, 0.1) is 5.92 Å². The van der Waals surface area contributed by atoms with Gasteiger partial charge in [0.25, 0.3) is 0 Å². The maximum Gasteiger partial charge on any atom is 0.238 e. The highest BCUT2D eigenvalue weighted by Crippen LogP contribution is 2.58. The number of ketones is 2. The van der Waals surface area contributed by atoms with Gasteiger partial charge in [-0.3, -0.25) is 14.4 Å². The van der Waals surface area contributed by atoms with Crippen LogP contribution in [-0.4, -0.2) is 29.6 Å². The Kier molecular flexibility index (Phi) is 5.55. The van der Waals surface area contributed by atoms with Crippen molar-refractivity contribution >= 4 is 46.0 Å². The van der Waals surface area contributed by atoms with Gasteiger partial charge in [0.15, 0.2) is 11.6 Å². The zero-order valence-corrected chi connectivity index (χ0v) is 22.4. The molecule has 196 valence electrons. The van der Waals surface area contributed by atoms with Gasteiger partial charge < -0.3 is 10.2 Å². The first kappa shape index (κ1) is 24.6. The molecule has 5 nitrogen and oxygen atoms in total. The van der Waals surface area contributed by atoms with Gasteiger partial charge in [0, 0.05) is 28.1 Å². The Balaban J connectivity index is 1.57. The number of allylic oxidation sites excluding steroid dienone is 1. The lowest BCUT2D eigenvalue weighted by atomic mass is 9.64. The monoisotopic (exact) mass is 544 g/mol. The summed E-state index contributed by atoms with van der Waals surface area (Å²) in [6, 6.07) is 29.6. The molecule has 0 bridgehead atoms.